The van der Waals surface area contributed by atoms with E-state index in [0.717, 1.165) is 49.0 Å². The standard InChI is InChI=1S/C24H33N3O2S/c1-16-18(3)27(14-22-9-6-12-29-22)24(26-16)30-15-23(28)25-17(2)20-11-10-19-7-4-5-8-21(19)13-20/h10-11,13,17,22H,4-9,12,14-15H2,1-3H3,(H,25,28)/t17-,22+/m1/s1. The van der Waals surface area contributed by atoms with E-state index in [2.05, 4.69) is 41.9 Å². The molecule has 1 saturated heterocycles. The molecule has 0 spiro atoms. The molecule has 0 radical (unpaired) electrons. The molecule has 0 saturated carbocycles. The van der Waals surface area contributed by atoms with Gasteiger partial charge < -0.3 is 14.6 Å². The third-order valence-electron chi connectivity index (χ3n) is 6.42. The first-order valence-corrected chi connectivity index (χ1v) is 12.2. The second-order valence-electron chi connectivity index (χ2n) is 8.62. The lowest BCUT2D eigenvalue weighted by molar-refractivity contribution is -0.119. The molecule has 2 aromatic rings. The van der Waals surface area contributed by atoms with Gasteiger partial charge in [0.15, 0.2) is 5.16 Å². The summed E-state index contributed by atoms with van der Waals surface area (Å²) in [5.41, 5.74) is 6.31. The number of aromatic nitrogens is 2. The van der Waals surface area contributed by atoms with Crippen molar-refractivity contribution in [1.82, 2.24) is 14.9 Å². The predicted octanol–water partition coefficient (Wildman–Crippen LogP) is 4.53. The number of rotatable bonds is 7. The lowest BCUT2D eigenvalue weighted by Gasteiger charge is -2.20. The van der Waals surface area contributed by atoms with Gasteiger partial charge in [-0.3, -0.25) is 4.79 Å². The number of aryl methyl sites for hydroxylation is 3. The van der Waals surface area contributed by atoms with E-state index < -0.39 is 0 Å². The maximum absolute atomic E-state index is 12.6. The molecule has 1 aliphatic heterocycles. The zero-order valence-electron chi connectivity index (χ0n) is 18.4. The molecule has 1 aromatic heterocycles. The molecule has 0 bridgehead atoms. The van der Waals surface area contributed by atoms with Crippen LogP contribution in [0.25, 0.3) is 0 Å². The summed E-state index contributed by atoms with van der Waals surface area (Å²) in [5.74, 6) is 0.420. The summed E-state index contributed by atoms with van der Waals surface area (Å²) < 4.78 is 8.02. The Kier molecular flexibility index (Phi) is 6.84. The van der Waals surface area contributed by atoms with Gasteiger partial charge in [-0.05, 0) is 76.0 Å². The van der Waals surface area contributed by atoms with Gasteiger partial charge in [0.25, 0.3) is 0 Å². The van der Waals surface area contributed by atoms with Crippen LogP contribution in [0.5, 0.6) is 0 Å². The maximum atomic E-state index is 12.6. The third kappa shape index (κ3) is 4.92. The SMILES string of the molecule is Cc1nc(SCC(=O)N[C@H](C)c2ccc3c(c2)CCCC3)n(C[C@@H]2CCCO2)c1C. The fourth-order valence-electron chi connectivity index (χ4n) is 4.46. The molecule has 2 atom stereocenters. The predicted molar refractivity (Wildman–Crippen MR) is 121 cm³/mol. The molecule has 5 nitrogen and oxygen atoms in total. The number of nitrogens with one attached hydrogen (secondary N) is 1. The number of nitrogens with zero attached hydrogens (tertiary/aromatic N) is 2. The third-order valence-corrected chi connectivity index (χ3v) is 7.39. The molecule has 1 N–H and O–H groups in total. The molecule has 1 fully saturated rings. The van der Waals surface area contributed by atoms with Gasteiger partial charge in [0, 0.05) is 12.3 Å². The summed E-state index contributed by atoms with van der Waals surface area (Å²) in [5, 5.41) is 4.08. The zero-order valence-corrected chi connectivity index (χ0v) is 19.2. The van der Waals surface area contributed by atoms with Crippen molar-refractivity contribution < 1.29 is 9.53 Å². The van der Waals surface area contributed by atoms with Crippen LogP contribution in [0.4, 0.5) is 0 Å². The van der Waals surface area contributed by atoms with E-state index in [0.29, 0.717) is 5.75 Å². The highest BCUT2D eigenvalue weighted by Gasteiger charge is 2.21. The Bertz CT molecular complexity index is 902. The van der Waals surface area contributed by atoms with E-state index in [1.54, 1.807) is 0 Å². The molecule has 2 aliphatic rings. The highest BCUT2D eigenvalue weighted by molar-refractivity contribution is 7.99. The first kappa shape index (κ1) is 21.4. The van der Waals surface area contributed by atoms with Crippen molar-refractivity contribution in [3.63, 3.8) is 0 Å². The Labute approximate surface area is 184 Å². The number of carbonyl (C=O) groups excluding carboxylic acids is 1. The van der Waals surface area contributed by atoms with Crippen molar-refractivity contribution in [2.75, 3.05) is 12.4 Å². The lowest BCUT2D eigenvalue weighted by atomic mass is 9.89. The van der Waals surface area contributed by atoms with Crippen LogP contribution < -0.4 is 5.32 Å². The Hall–Kier alpha value is -1.79. The van der Waals surface area contributed by atoms with Gasteiger partial charge in [-0.1, -0.05) is 30.0 Å². The number of imidazole rings is 1. The largest absolute Gasteiger partial charge is 0.376 e. The molecule has 4 rings (SSSR count). The minimum atomic E-state index is 0.0143. The van der Waals surface area contributed by atoms with Crippen molar-refractivity contribution in [2.45, 2.75) is 83.1 Å². The van der Waals surface area contributed by atoms with E-state index in [-0.39, 0.29) is 18.1 Å². The first-order chi connectivity index (χ1) is 14.5. The molecule has 1 amide bonds. The minimum Gasteiger partial charge on any atom is -0.376 e. The van der Waals surface area contributed by atoms with Gasteiger partial charge >= 0.3 is 0 Å². The van der Waals surface area contributed by atoms with Crippen LogP contribution in [0.1, 0.15) is 66.7 Å². The number of fused-ring (bicyclic) bond motifs is 1. The molecular formula is C24H33N3O2S. The summed E-state index contributed by atoms with van der Waals surface area (Å²) in [4.78, 5) is 17.3. The van der Waals surface area contributed by atoms with E-state index in [1.165, 1.54) is 47.7 Å². The van der Waals surface area contributed by atoms with Gasteiger partial charge in [0.05, 0.1) is 30.1 Å². The number of hydrogen-bond donors (Lipinski definition) is 1. The van der Waals surface area contributed by atoms with E-state index in [1.807, 2.05) is 6.92 Å². The van der Waals surface area contributed by atoms with Crippen LogP contribution in [0.15, 0.2) is 23.4 Å². The molecule has 2 heterocycles. The Morgan fingerprint density at radius 2 is 2.07 bits per heavy atom. The molecule has 162 valence electrons. The van der Waals surface area contributed by atoms with Gasteiger partial charge in [-0.25, -0.2) is 4.98 Å². The van der Waals surface area contributed by atoms with Crippen molar-refractivity contribution in [3.05, 3.63) is 46.3 Å². The van der Waals surface area contributed by atoms with Gasteiger partial charge in [-0.2, -0.15) is 0 Å². The molecular weight excluding hydrogens is 394 g/mol. The topological polar surface area (TPSA) is 56.2 Å². The Morgan fingerprint density at radius 3 is 2.83 bits per heavy atom. The minimum absolute atomic E-state index is 0.0143. The van der Waals surface area contributed by atoms with Gasteiger partial charge in [-0.15, -0.1) is 0 Å². The lowest BCUT2D eigenvalue weighted by Crippen LogP contribution is -2.28. The number of thioether (sulfide) groups is 1. The van der Waals surface area contributed by atoms with Crippen molar-refractivity contribution in [2.24, 2.45) is 0 Å². The molecule has 1 aromatic carbocycles. The van der Waals surface area contributed by atoms with Crippen molar-refractivity contribution >= 4 is 17.7 Å². The van der Waals surface area contributed by atoms with Gasteiger partial charge in [0.2, 0.25) is 5.91 Å². The van der Waals surface area contributed by atoms with E-state index in [4.69, 9.17) is 9.72 Å². The fraction of sp³-hybridized carbons (Fsp3) is 0.583. The summed E-state index contributed by atoms with van der Waals surface area (Å²) in [7, 11) is 0. The van der Waals surface area contributed by atoms with Crippen LogP contribution in [0, 0.1) is 13.8 Å². The highest BCUT2D eigenvalue weighted by Crippen LogP contribution is 2.26. The van der Waals surface area contributed by atoms with Crippen LogP contribution >= 0.6 is 11.8 Å². The normalized spacial score (nSPS) is 19.5. The second kappa shape index (κ2) is 9.56. The summed E-state index contributed by atoms with van der Waals surface area (Å²) >= 11 is 1.52. The van der Waals surface area contributed by atoms with Crippen molar-refractivity contribution in [1.29, 1.82) is 0 Å². The smallest absolute Gasteiger partial charge is 0.230 e. The average Bonchev–Trinajstić information content (AvgIpc) is 3.36. The van der Waals surface area contributed by atoms with E-state index in [9.17, 15) is 4.79 Å². The fourth-order valence-corrected chi connectivity index (χ4v) is 5.37. The van der Waals surface area contributed by atoms with Crippen molar-refractivity contribution in [3.8, 4) is 0 Å². The average molecular weight is 428 g/mol. The molecule has 30 heavy (non-hydrogen) atoms. The molecule has 1 aliphatic carbocycles. The zero-order chi connectivity index (χ0) is 21.1. The summed E-state index contributed by atoms with van der Waals surface area (Å²) in [6, 6.07) is 6.71. The monoisotopic (exact) mass is 427 g/mol. The van der Waals surface area contributed by atoms with Crippen LogP contribution in [-0.2, 0) is 28.9 Å². The first-order valence-electron chi connectivity index (χ1n) is 11.2. The highest BCUT2D eigenvalue weighted by atomic mass is 32.2. The number of amides is 1. The Balaban J connectivity index is 1.35. The second-order valence-corrected chi connectivity index (χ2v) is 9.57. The number of benzene rings is 1. The quantitative estimate of drug-likeness (QED) is 0.660. The number of carbonyl (C=O) groups is 1. The molecule has 0 unspecified atom stereocenters. The molecule has 6 heteroatoms. The maximum Gasteiger partial charge on any atom is 0.230 e. The summed E-state index contributed by atoms with van der Waals surface area (Å²) in [6.45, 7) is 7.87. The van der Waals surface area contributed by atoms with Crippen LogP contribution in [-0.4, -0.2) is 33.9 Å². The van der Waals surface area contributed by atoms with Crippen LogP contribution in [0.2, 0.25) is 0 Å². The number of hydrogen-bond acceptors (Lipinski definition) is 4. The number of ether oxygens (including phenoxy) is 1. The summed E-state index contributed by atoms with van der Waals surface area (Å²) in [6.07, 6.45) is 7.38. The Morgan fingerprint density at radius 1 is 1.27 bits per heavy atom. The van der Waals surface area contributed by atoms with Gasteiger partial charge in [0.1, 0.15) is 0 Å². The van der Waals surface area contributed by atoms with E-state index >= 15 is 0 Å². The van der Waals surface area contributed by atoms with Crippen LogP contribution in [0.3, 0.4) is 0 Å².